The van der Waals surface area contributed by atoms with Crippen molar-refractivity contribution in [1.29, 1.82) is 0 Å². The first-order valence-corrected chi connectivity index (χ1v) is 10.7. The van der Waals surface area contributed by atoms with Crippen LogP contribution >= 0.6 is 0 Å². The van der Waals surface area contributed by atoms with Gasteiger partial charge in [0.2, 0.25) is 0 Å². The lowest BCUT2D eigenvalue weighted by Crippen LogP contribution is -2.35. The van der Waals surface area contributed by atoms with E-state index >= 15 is 0 Å². The number of hydrogen-bond donors (Lipinski definition) is 1. The van der Waals surface area contributed by atoms with Crippen molar-refractivity contribution >= 4 is 27.8 Å². The van der Waals surface area contributed by atoms with Crippen LogP contribution in [0.1, 0.15) is 36.5 Å². The van der Waals surface area contributed by atoms with E-state index in [4.69, 9.17) is 4.98 Å². The molecule has 2 aromatic carbocycles. The van der Waals surface area contributed by atoms with Gasteiger partial charge in [0, 0.05) is 37.6 Å². The van der Waals surface area contributed by atoms with E-state index < -0.39 is 0 Å². The van der Waals surface area contributed by atoms with Gasteiger partial charge in [-0.05, 0) is 56.5 Å². The van der Waals surface area contributed by atoms with Crippen molar-refractivity contribution in [1.82, 2.24) is 19.0 Å². The SMILES string of the molecule is CCn1c(-c2nc3cc(C(=O)N4CCCCC4)ccc3n2C)cc2cccc(O)c21. The number of likely N-dealkylation sites (tertiary alicyclic amines) is 1. The Morgan fingerprint density at radius 2 is 1.90 bits per heavy atom. The maximum absolute atomic E-state index is 12.9. The first-order valence-electron chi connectivity index (χ1n) is 10.7. The summed E-state index contributed by atoms with van der Waals surface area (Å²) in [5, 5.41) is 11.4. The number of para-hydroxylation sites is 1. The highest BCUT2D eigenvalue weighted by molar-refractivity contribution is 5.98. The zero-order valence-electron chi connectivity index (χ0n) is 17.4. The summed E-state index contributed by atoms with van der Waals surface area (Å²) in [6.45, 7) is 4.46. The maximum atomic E-state index is 12.9. The van der Waals surface area contributed by atoms with E-state index in [9.17, 15) is 9.90 Å². The summed E-state index contributed by atoms with van der Waals surface area (Å²) < 4.78 is 4.15. The number of carbonyl (C=O) groups is 1. The summed E-state index contributed by atoms with van der Waals surface area (Å²) in [4.78, 5) is 19.8. The quantitative estimate of drug-likeness (QED) is 0.547. The smallest absolute Gasteiger partial charge is 0.253 e. The number of piperidine rings is 1. The number of fused-ring (bicyclic) bond motifs is 2. The molecule has 0 spiro atoms. The second-order valence-electron chi connectivity index (χ2n) is 8.04. The van der Waals surface area contributed by atoms with Gasteiger partial charge in [0.15, 0.2) is 5.82 Å². The zero-order valence-corrected chi connectivity index (χ0v) is 17.4. The van der Waals surface area contributed by atoms with E-state index in [2.05, 4.69) is 22.1 Å². The van der Waals surface area contributed by atoms with Crippen molar-refractivity contribution in [3.63, 3.8) is 0 Å². The Balaban J connectivity index is 1.61. The minimum Gasteiger partial charge on any atom is -0.506 e. The number of aromatic nitrogens is 3. The molecule has 0 saturated carbocycles. The summed E-state index contributed by atoms with van der Waals surface area (Å²) in [7, 11) is 1.99. The highest BCUT2D eigenvalue weighted by Crippen LogP contribution is 2.34. The van der Waals surface area contributed by atoms with Gasteiger partial charge < -0.3 is 19.1 Å². The summed E-state index contributed by atoms with van der Waals surface area (Å²) in [5.41, 5.74) is 4.27. The molecule has 2 aromatic heterocycles. The minimum absolute atomic E-state index is 0.0939. The van der Waals surface area contributed by atoms with Crippen molar-refractivity contribution in [3.05, 3.63) is 48.0 Å². The van der Waals surface area contributed by atoms with Gasteiger partial charge in [0.05, 0.1) is 22.2 Å². The van der Waals surface area contributed by atoms with Crippen molar-refractivity contribution in [3.8, 4) is 17.3 Å². The molecular formula is C24H26N4O2. The Kier molecular flexibility index (Phi) is 4.50. The molecule has 6 heteroatoms. The molecule has 30 heavy (non-hydrogen) atoms. The van der Waals surface area contributed by atoms with Crippen molar-refractivity contribution < 1.29 is 9.90 Å². The number of aryl methyl sites for hydroxylation is 2. The zero-order chi connectivity index (χ0) is 20.8. The van der Waals surface area contributed by atoms with Crippen molar-refractivity contribution in [2.45, 2.75) is 32.7 Å². The van der Waals surface area contributed by atoms with Crippen LogP contribution in [0.2, 0.25) is 0 Å². The average molecular weight is 402 g/mol. The second kappa shape index (κ2) is 7.20. The van der Waals surface area contributed by atoms with Gasteiger partial charge in [-0.25, -0.2) is 4.98 Å². The summed E-state index contributed by atoms with van der Waals surface area (Å²) >= 11 is 0. The van der Waals surface area contributed by atoms with Gasteiger partial charge in [-0.1, -0.05) is 12.1 Å². The van der Waals surface area contributed by atoms with Gasteiger partial charge in [-0.3, -0.25) is 4.79 Å². The molecule has 5 rings (SSSR count). The van der Waals surface area contributed by atoms with E-state index in [1.807, 2.05) is 42.3 Å². The topological polar surface area (TPSA) is 63.3 Å². The number of phenols is 1. The molecule has 0 aliphatic carbocycles. The highest BCUT2D eigenvalue weighted by Gasteiger charge is 2.21. The van der Waals surface area contributed by atoms with Gasteiger partial charge in [0.25, 0.3) is 5.91 Å². The summed E-state index contributed by atoms with van der Waals surface area (Å²) in [6, 6.07) is 13.4. The molecule has 1 aliphatic heterocycles. The van der Waals surface area contributed by atoms with Gasteiger partial charge >= 0.3 is 0 Å². The third kappa shape index (κ3) is 2.86. The predicted octanol–water partition coefficient (Wildman–Crippen LogP) is 4.55. The number of aromatic hydroxyl groups is 1. The second-order valence-corrected chi connectivity index (χ2v) is 8.04. The Hall–Kier alpha value is -3.28. The molecule has 1 saturated heterocycles. The number of rotatable bonds is 3. The molecule has 0 atom stereocenters. The average Bonchev–Trinajstić information content (AvgIpc) is 3.31. The van der Waals surface area contributed by atoms with Crippen LogP contribution in [0.5, 0.6) is 5.75 Å². The fraction of sp³-hybridized carbons (Fsp3) is 0.333. The molecule has 1 N–H and O–H groups in total. The molecule has 154 valence electrons. The monoisotopic (exact) mass is 402 g/mol. The molecule has 6 nitrogen and oxygen atoms in total. The number of carbonyl (C=O) groups excluding carboxylic acids is 1. The lowest BCUT2D eigenvalue weighted by molar-refractivity contribution is 0.0724. The van der Waals surface area contributed by atoms with Crippen LogP contribution in [0.15, 0.2) is 42.5 Å². The standard InChI is InChI=1S/C24H26N4O2/c1-3-28-20(15-16-8-7-9-21(29)22(16)28)23-25-18-14-17(10-11-19(18)26(23)2)24(30)27-12-5-4-6-13-27/h7-11,14-15,29H,3-6,12-13H2,1-2H3. The molecule has 4 aromatic rings. The lowest BCUT2D eigenvalue weighted by atomic mass is 10.1. The van der Waals surface area contributed by atoms with Crippen LogP contribution in [-0.2, 0) is 13.6 Å². The molecule has 1 amide bonds. The summed E-state index contributed by atoms with van der Waals surface area (Å²) in [6.07, 6.45) is 3.36. The van der Waals surface area contributed by atoms with E-state index in [-0.39, 0.29) is 11.7 Å². The number of nitrogens with zero attached hydrogens (tertiary/aromatic N) is 4. The molecular weight excluding hydrogens is 376 g/mol. The Labute approximate surface area is 175 Å². The third-order valence-corrected chi connectivity index (χ3v) is 6.22. The number of phenolic OH excluding ortho intramolecular Hbond substituents is 1. The molecule has 0 radical (unpaired) electrons. The van der Waals surface area contributed by atoms with E-state index in [0.717, 1.165) is 65.9 Å². The molecule has 3 heterocycles. The molecule has 1 aliphatic rings. The Morgan fingerprint density at radius 3 is 2.67 bits per heavy atom. The Morgan fingerprint density at radius 1 is 1.10 bits per heavy atom. The van der Waals surface area contributed by atoms with Crippen LogP contribution in [0.25, 0.3) is 33.5 Å². The van der Waals surface area contributed by atoms with Gasteiger partial charge in [0.1, 0.15) is 5.75 Å². The molecule has 0 unspecified atom stereocenters. The van der Waals surface area contributed by atoms with Crippen LogP contribution < -0.4 is 0 Å². The first-order chi connectivity index (χ1) is 14.6. The highest BCUT2D eigenvalue weighted by atomic mass is 16.3. The van der Waals surface area contributed by atoms with Gasteiger partial charge in [-0.15, -0.1) is 0 Å². The van der Waals surface area contributed by atoms with Gasteiger partial charge in [-0.2, -0.15) is 0 Å². The predicted molar refractivity (Wildman–Crippen MR) is 119 cm³/mol. The van der Waals surface area contributed by atoms with Crippen LogP contribution in [0, 0.1) is 0 Å². The molecule has 0 bridgehead atoms. The van der Waals surface area contributed by atoms with E-state index in [1.165, 1.54) is 6.42 Å². The third-order valence-electron chi connectivity index (χ3n) is 6.22. The largest absolute Gasteiger partial charge is 0.506 e. The fourth-order valence-corrected chi connectivity index (χ4v) is 4.66. The number of imidazole rings is 1. The number of hydrogen-bond acceptors (Lipinski definition) is 3. The normalized spacial score (nSPS) is 14.7. The van der Waals surface area contributed by atoms with Crippen LogP contribution in [0.3, 0.4) is 0 Å². The van der Waals surface area contributed by atoms with E-state index in [1.54, 1.807) is 6.07 Å². The van der Waals surface area contributed by atoms with E-state index in [0.29, 0.717) is 5.56 Å². The minimum atomic E-state index is 0.0939. The Bertz CT molecular complexity index is 1260. The number of benzene rings is 2. The maximum Gasteiger partial charge on any atom is 0.253 e. The first kappa shape index (κ1) is 18.7. The fourth-order valence-electron chi connectivity index (χ4n) is 4.66. The van der Waals surface area contributed by atoms with Crippen molar-refractivity contribution in [2.75, 3.05) is 13.1 Å². The number of amides is 1. The summed E-state index contributed by atoms with van der Waals surface area (Å²) in [5.74, 6) is 1.19. The van der Waals surface area contributed by atoms with Crippen molar-refractivity contribution in [2.24, 2.45) is 7.05 Å². The van der Waals surface area contributed by atoms with Crippen LogP contribution in [-0.4, -0.2) is 43.1 Å². The molecule has 1 fully saturated rings. The lowest BCUT2D eigenvalue weighted by Gasteiger charge is -2.26. The van der Waals surface area contributed by atoms with Crippen LogP contribution in [0.4, 0.5) is 0 Å².